The highest BCUT2D eigenvalue weighted by Gasteiger charge is 2.57. The average Bonchev–Trinajstić information content (AvgIpc) is 3.23. The minimum Gasteiger partial charge on any atom is -0.357 e. The Labute approximate surface area is 251 Å². The van der Waals surface area contributed by atoms with Gasteiger partial charge in [-0.3, -0.25) is 34.6 Å². The predicted octanol–water partition coefficient (Wildman–Crippen LogP) is 5.38. The Morgan fingerprint density at radius 2 is 1.67 bits per heavy atom. The summed E-state index contributed by atoms with van der Waals surface area (Å²) in [6.45, 7) is 7.54. The Morgan fingerprint density at radius 1 is 1.05 bits per heavy atom. The van der Waals surface area contributed by atoms with E-state index in [1.165, 1.54) is 30.7 Å². The SMILES string of the molecule is CC1C(CN2C(=O)C(Cc3ccncc3)(Cc3ccncc3)N/C2=C/C(=O)c2cccc([N+](=O)[O-])c2)CC2CC1C2(C)C. The van der Waals surface area contributed by atoms with Gasteiger partial charge in [-0.05, 0) is 77.3 Å². The number of nitro groups is 1. The van der Waals surface area contributed by atoms with Gasteiger partial charge in [0.25, 0.3) is 11.6 Å². The predicted molar refractivity (Wildman–Crippen MR) is 162 cm³/mol. The van der Waals surface area contributed by atoms with Gasteiger partial charge in [0.1, 0.15) is 11.4 Å². The molecule has 4 unspecified atom stereocenters. The number of hydrogen-bond acceptors (Lipinski definition) is 7. The summed E-state index contributed by atoms with van der Waals surface area (Å²) in [6, 6.07) is 13.3. The number of fused-ring (bicyclic) bond motifs is 2. The Balaban J connectivity index is 1.39. The van der Waals surface area contributed by atoms with Crippen molar-refractivity contribution in [3.05, 3.63) is 112 Å². The highest BCUT2D eigenvalue weighted by molar-refractivity contribution is 6.06. The summed E-state index contributed by atoms with van der Waals surface area (Å²) in [6.07, 6.45) is 11.4. The van der Waals surface area contributed by atoms with Crippen LogP contribution in [-0.2, 0) is 17.6 Å². The molecule has 3 heterocycles. The molecule has 1 amide bonds. The molecule has 0 radical (unpaired) electrons. The fourth-order valence-electron chi connectivity index (χ4n) is 7.74. The van der Waals surface area contributed by atoms with Crippen LogP contribution in [0.3, 0.4) is 0 Å². The number of nitrogens with zero attached hydrogens (tertiary/aromatic N) is 4. The van der Waals surface area contributed by atoms with E-state index < -0.39 is 16.2 Å². The molecule has 1 N–H and O–H groups in total. The molecule has 9 heteroatoms. The van der Waals surface area contributed by atoms with Gasteiger partial charge in [-0.1, -0.05) is 32.9 Å². The topological polar surface area (TPSA) is 118 Å². The molecule has 222 valence electrons. The lowest BCUT2D eigenvalue weighted by atomic mass is 9.43. The Morgan fingerprint density at radius 3 is 2.23 bits per heavy atom. The van der Waals surface area contributed by atoms with E-state index in [9.17, 15) is 19.7 Å². The van der Waals surface area contributed by atoms with Crippen molar-refractivity contribution in [3.8, 4) is 0 Å². The fraction of sp³-hybridized carbons (Fsp3) is 0.412. The molecule has 3 saturated carbocycles. The van der Waals surface area contributed by atoms with Crippen molar-refractivity contribution < 1.29 is 14.5 Å². The lowest BCUT2D eigenvalue weighted by molar-refractivity contribution is -0.384. The van der Waals surface area contributed by atoms with E-state index in [0.29, 0.717) is 54.3 Å². The number of nitro benzene ring substituents is 1. The Kier molecular flexibility index (Phi) is 7.36. The number of amides is 1. The average molecular weight is 580 g/mol. The van der Waals surface area contributed by atoms with Gasteiger partial charge in [-0.25, -0.2) is 0 Å². The Bertz CT molecular complexity index is 1530. The highest BCUT2D eigenvalue weighted by atomic mass is 16.6. The van der Waals surface area contributed by atoms with Gasteiger partial charge >= 0.3 is 0 Å². The van der Waals surface area contributed by atoms with Gasteiger partial charge in [0.15, 0.2) is 5.78 Å². The zero-order valence-electron chi connectivity index (χ0n) is 24.8. The number of pyridine rings is 2. The highest BCUT2D eigenvalue weighted by Crippen LogP contribution is 2.63. The van der Waals surface area contributed by atoms with E-state index in [2.05, 4.69) is 36.1 Å². The van der Waals surface area contributed by atoms with E-state index >= 15 is 0 Å². The van der Waals surface area contributed by atoms with Gasteiger partial charge < -0.3 is 5.32 Å². The summed E-state index contributed by atoms with van der Waals surface area (Å²) in [4.78, 5) is 49.2. The largest absolute Gasteiger partial charge is 0.357 e. The number of hydrogen-bond donors (Lipinski definition) is 1. The molecule has 3 aromatic rings. The monoisotopic (exact) mass is 579 g/mol. The standard InChI is InChI=1S/C34H37N5O4/c1-22-26(15-27-17-29(22)33(27,2)3)21-38-31(18-30(40)25-5-4-6-28(16-25)39(42)43)37-34(32(38)41,19-23-7-11-35-12-8-23)20-24-9-13-36-14-10-24/h4-14,16,18,22,26-27,29,37H,15,17,19-21H2,1-3H3/b31-18-. The molecule has 9 nitrogen and oxygen atoms in total. The van der Waals surface area contributed by atoms with Crippen molar-refractivity contribution in [2.24, 2.45) is 29.1 Å². The van der Waals surface area contributed by atoms with Gasteiger partial charge in [0, 0.05) is 67.9 Å². The molecule has 43 heavy (non-hydrogen) atoms. The van der Waals surface area contributed by atoms with Crippen molar-refractivity contribution in [2.45, 2.75) is 52.0 Å². The van der Waals surface area contributed by atoms with Crippen molar-refractivity contribution in [1.82, 2.24) is 20.2 Å². The number of ketones is 1. The van der Waals surface area contributed by atoms with Gasteiger partial charge in [-0.15, -0.1) is 0 Å². The van der Waals surface area contributed by atoms with E-state index in [1.54, 1.807) is 35.8 Å². The van der Waals surface area contributed by atoms with Crippen LogP contribution in [0.25, 0.3) is 0 Å². The molecule has 4 aliphatic rings. The van der Waals surface area contributed by atoms with Crippen LogP contribution in [0.1, 0.15) is 55.1 Å². The number of non-ortho nitro benzene ring substituents is 1. The van der Waals surface area contributed by atoms with Crippen LogP contribution in [-0.4, -0.2) is 43.6 Å². The van der Waals surface area contributed by atoms with Crippen LogP contribution in [0.5, 0.6) is 0 Å². The lowest BCUT2D eigenvalue weighted by Gasteiger charge is -2.62. The molecule has 1 aromatic carbocycles. The minimum absolute atomic E-state index is 0.0788. The molecule has 4 atom stereocenters. The molecule has 2 aromatic heterocycles. The molecule has 4 fully saturated rings. The minimum atomic E-state index is -1.04. The van der Waals surface area contributed by atoms with Crippen molar-refractivity contribution in [1.29, 1.82) is 0 Å². The van der Waals surface area contributed by atoms with E-state index in [1.807, 2.05) is 24.3 Å². The first-order valence-electron chi connectivity index (χ1n) is 15.0. The van der Waals surface area contributed by atoms with Crippen LogP contribution in [0.2, 0.25) is 0 Å². The number of aromatic nitrogens is 2. The molecule has 2 bridgehead atoms. The first-order chi connectivity index (χ1) is 20.6. The third kappa shape index (κ3) is 5.32. The number of benzene rings is 1. The first-order valence-corrected chi connectivity index (χ1v) is 15.0. The molecular weight excluding hydrogens is 542 g/mol. The second kappa shape index (κ2) is 11.0. The first kappa shape index (κ1) is 28.7. The van der Waals surface area contributed by atoms with Crippen LogP contribution >= 0.6 is 0 Å². The van der Waals surface area contributed by atoms with Crippen LogP contribution in [0, 0.1) is 39.2 Å². The second-order valence-corrected chi connectivity index (χ2v) is 13.1. The maximum Gasteiger partial charge on any atom is 0.270 e. The molecule has 0 spiro atoms. The van der Waals surface area contributed by atoms with Crippen molar-refractivity contribution >= 4 is 17.4 Å². The smallest absolute Gasteiger partial charge is 0.270 e. The zero-order chi connectivity index (χ0) is 30.4. The summed E-state index contributed by atoms with van der Waals surface area (Å²) in [7, 11) is 0. The van der Waals surface area contributed by atoms with Crippen LogP contribution < -0.4 is 5.32 Å². The lowest BCUT2D eigenvalue weighted by Crippen LogP contribution is -2.57. The summed E-state index contributed by atoms with van der Waals surface area (Å²) in [5.41, 5.74) is 1.21. The molecular formula is C34H37N5O4. The zero-order valence-corrected chi connectivity index (χ0v) is 24.8. The summed E-state index contributed by atoms with van der Waals surface area (Å²) in [5.74, 6) is 1.95. The third-order valence-corrected chi connectivity index (χ3v) is 10.4. The fourth-order valence-corrected chi connectivity index (χ4v) is 7.74. The number of allylic oxidation sites excluding steroid dienone is 1. The summed E-state index contributed by atoms with van der Waals surface area (Å²) < 4.78 is 0. The van der Waals surface area contributed by atoms with Crippen molar-refractivity contribution in [2.75, 3.05) is 6.54 Å². The van der Waals surface area contributed by atoms with Crippen LogP contribution in [0.15, 0.2) is 85.2 Å². The normalized spacial score (nSPS) is 26.1. The van der Waals surface area contributed by atoms with Gasteiger partial charge in [0.2, 0.25) is 0 Å². The number of nitrogens with one attached hydrogen (secondary N) is 1. The Hall–Kier alpha value is -4.40. The van der Waals surface area contributed by atoms with E-state index in [-0.39, 0.29) is 17.2 Å². The van der Waals surface area contributed by atoms with Gasteiger partial charge in [0.05, 0.1) is 4.92 Å². The van der Waals surface area contributed by atoms with Crippen molar-refractivity contribution in [3.63, 3.8) is 0 Å². The molecule has 1 saturated heterocycles. The maximum absolute atomic E-state index is 14.7. The van der Waals surface area contributed by atoms with Gasteiger partial charge in [-0.2, -0.15) is 0 Å². The number of carbonyl (C=O) groups is 2. The number of rotatable bonds is 9. The molecule has 7 rings (SSSR count). The maximum atomic E-state index is 14.7. The number of carbonyl (C=O) groups excluding carboxylic acids is 2. The van der Waals surface area contributed by atoms with Crippen LogP contribution in [0.4, 0.5) is 5.69 Å². The third-order valence-electron chi connectivity index (χ3n) is 10.4. The quantitative estimate of drug-likeness (QED) is 0.156. The summed E-state index contributed by atoms with van der Waals surface area (Å²) in [5, 5.41) is 14.9. The van der Waals surface area contributed by atoms with E-state index in [4.69, 9.17) is 0 Å². The summed E-state index contributed by atoms with van der Waals surface area (Å²) >= 11 is 0. The van der Waals surface area contributed by atoms with E-state index in [0.717, 1.165) is 17.5 Å². The second-order valence-electron chi connectivity index (χ2n) is 13.1. The molecule has 3 aliphatic carbocycles. The molecule has 1 aliphatic heterocycles.